The summed E-state index contributed by atoms with van der Waals surface area (Å²) in [5.41, 5.74) is 0. The molecule has 2 bridgehead atoms. The molecule has 0 spiro atoms. The Morgan fingerprint density at radius 1 is 0.917 bits per heavy atom. The molecule has 3 aliphatic rings. The highest BCUT2D eigenvalue weighted by atomic mass is 16.3. The van der Waals surface area contributed by atoms with Crippen LogP contribution in [0, 0.1) is 23.7 Å². The number of rotatable bonds is 2. The van der Waals surface area contributed by atoms with Gasteiger partial charge in [0.2, 0.25) is 0 Å². The molecule has 0 saturated heterocycles. The first-order valence-electron chi connectivity index (χ1n) is 4.77. The number of aliphatic hydroxyl groups is 2. The second kappa shape index (κ2) is 3.19. The van der Waals surface area contributed by atoms with Crippen LogP contribution in [-0.2, 0) is 0 Å². The largest absolute Gasteiger partial charge is 0.396 e. The first-order chi connectivity index (χ1) is 5.86. The Bertz CT molecular complexity index is 168. The van der Waals surface area contributed by atoms with Gasteiger partial charge in [0, 0.05) is 13.2 Å². The summed E-state index contributed by atoms with van der Waals surface area (Å²) in [6.45, 7) is 0.466. The van der Waals surface area contributed by atoms with Crippen molar-refractivity contribution in [1.82, 2.24) is 0 Å². The fraction of sp³-hybridized carbons (Fsp3) is 0.800. The fourth-order valence-electron chi connectivity index (χ4n) is 2.75. The van der Waals surface area contributed by atoms with E-state index >= 15 is 0 Å². The summed E-state index contributed by atoms with van der Waals surface area (Å²) in [4.78, 5) is 0. The predicted molar refractivity (Wildman–Crippen MR) is 46.5 cm³/mol. The Morgan fingerprint density at radius 3 is 1.58 bits per heavy atom. The van der Waals surface area contributed by atoms with E-state index in [4.69, 9.17) is 10.2 Å². The lowest BCUT2D eigenvalue weighted by molar-refractivity contribution is 0.0266. The Balaban J connectivity index is 2.18. The van der Waals surface area contributed by atoms with E-state index in [9.17, 15) is 0 Å². The van der Waals surface area contributed by atoms with Crippen molar-refractivity contribution in [2.45, 2.75) is 12.8 Å². The van der Waals surface area contributed by atoms with Crippen molar-refractivity contribution in [1.29, 1.82) is 0 Å². The van der Waals surface area contributed by atoms with Crippen LogP contribution in [0.1, 0.15) is 12.8 Å². The molecule has 2 heteroatoms. The standard InChI is InChI=1S/C10H16O2/c11-5-9-7-1-2-8(4-3-7)10(9)6-12/h1-2,7-12H,3-6H2/t7-,8+,9-,10+. The molecule has 2 nitrogen and oxygen atoms in total. The van der Waals surface area contributed by atoms with Gasteiger partial charge in [-0.05, 0) is 36.5 Å². The van der Waals surface area contributed by atoms with E-state index in [0.29, 0.717) is 23.7 Å². The zero-order chi connectivity index (χ0) is 8.55. The van der Waals surface area contributed by atoms with Crippen molar-refractivity contribution in [3.05, 3.63) is 12.2 Å². The summed E-state index contributed by atoms with van der Waals surface area (Å²) in [5.74, 6) is 1.69. The molecule has 0 unspecified atom stereocenters. The summed E-state index contributed by atoms with van der Waals surface area (Å²) >= 11 is 0. The molecule has 1 fully saturated rings. The molecule has 0 heterocycles. The van der Waals surface area contributed by atoms with Crippen LogP contribution in [0.4, 0.5) is 0 Å². The topological polar surface area (TPSA) is 40.5 Å². The highest BCUT2D eigenvalue weighted by Crippen LogP contribution is 2.44. The molecule has 4 atom stereocenters. The van der Waals surface area contributed by atoms with Gasteiger partial charge in [-0.15, -0.1) is 0 Å². The van der Waals surface area contributed by atoms with Crippen LogP contribution < -0.4 is 0 Å². The van der Waals surface area contributed by atoms with Gasteiger partial charge in [0.1, 0.15) is 0 Å². The van der Waals surface area contributed by atoms with Gasteiger partial charge in [0.05, 0.1) is 0 Å². The SMILES string of the molecule is OC[C@@H]1[C@H](CO)[C@@H]2C=C[C@H]1CC2. The van der Waals surface area contributed by atoms with Crippen LogP contribution in [0.3, 0.4) is 0 Å². The van der Waals surface area contributed by atoms with E-state index < -0.39 is 0 Å². The number of allylic oxidation sites excluding steroid dienone is 2. The molecule has 3 rings (SSSR count). The minimum Gasteiger partial charge on any atom is -0.396 e. The average Bonchev–Trinajstić information content (AvgIpc) is 2.18. The van der Waals surface area contributed by atoms with Gasteiger partial charge in [-0.2, -0.15) is 0 Å². The van der Waals surface area contributed by atoms with Crippen LogP contribution >= 0.6 is 0 Å². The van der Waals surface area contributed by atoms with Gasteiger partial charge in [-0.25, -0.2) is 0 Å². The summed E-state index contributed by atoms with van der Waals surface area (Å²) < 4.78 is 0. The maximum atomic E-state index is 9.17. The smallest absolute Gasteiger partial charge is 0.0468 e. The molecule has 3 aliphatic carbocycles. The van der Waals surface area contributed by atoms with Crippen LogP contribution in [0.25, 0.3) is 0 Å². The highest BCUT2D eigenvalue weighted by Gasteiger charge is 2.39. The van der Waals surface area contributed by atoms with E-state index in [0.717, 1.165) is 0 Å². The number of fused-ring (bicyclic) bond motifs is 2. The molecule has 0 aliphatic heterocycles. The van der Waals surface area contributed by atoms with Crippen molar-refractivity contribution in [3.8, 4) is 0 Å². The van der Waals surface area contributed by atoms with Crippen LogP contribution in [0.2, 0.25) is 0 Å². The lowest BCUT2D eigenvalue weighted by atomic mass is 9.63. The lowest BCUT2D eigenvalue weighted by Crippen LogP contribution is -2.40. The van der Waals surface area contributed by atoms with E-state index in [1.807, 2.05) is 0 Å². The molecule has 12 heavy (non-hydrogen) atoms. The third-order valence-electron chi connectivity index (χ3n) is 3.51. The van der Waals surface area contributed by atoms with Crippen molar-refractivity contribution in [2.75, 3.05) is 13.2 Å². The van der Waals surface area contributed by atoms with E-state index in [-0.39, 0.29) is 13.2 Å². The summed E-state index contributed by atoms with van der Waals surface area (Å²) in [6, 6.07) is 0. The van der Waals surface area contributed by atoms with E-state index in [2.05, 4.69) is 12.2 Å². The Hall–Kier alpha value is -0.340. The highest BCUT2D eigenvalue weighted by molar-refractivity contribution is 5.09. The Morgan fingerprint density at radius 2 is 1.33 bits per heavy atom. The zero-order valence-electron chi connectivity index (χ0n) is 7.19. The van der Waals surface area contributed by atoms with Crippen molar-refractivity contribution < 1.29 is 10.2 Å². The first-order valence-corrected chi connectivity index (χ1v) is 4.77. The monoisotopic (exact) mass is 168 g/mol. The molecule has 0 aromatic rings. The number of aliphatic hydroxyl groups excluding tert-OH is 2. The van der Waals surface area contributed by atoms with E-state index in [1.165, 1.54) is 12.8 Å². The average molecular weight is 168 g/mol. The van der Waals surface area contributed by atoms with Crippen molar-refractivity contribution in [2.24, 2.45) is 23.7 Å². The zero-order valence-corrected chi connectivity index (χ0v) is 7.19. The molecule has 0 aromatic carbocycles. The fourth-order valence-corrected chi connectivity index (χ4v) is 2.75. The van der Waals surface area contributed by atoms with Gasteiger partial charge in [-0.1, -0.05) is 12.2 Å². The molecule has 68 valence electrons. The molecule has 1 saturated carbocycles. The Labute approximate surface area is 72.9 Å². The minimum atomic E-state index is 0.233. The van der Waals surface area contributed by atoms with Crippen molar-refractivity contribution >= 4 is 0 Å². The molecule has 0 radical (unpaired) electrons. The summed E-state index contributed by atoms with van der Waals surface area (Å²) in [7, 11) is 0. The molecule has 0 amide bonds. The van der Waals surface area contributed by atoms with Gasteiger partial charge in [0.25, 0.3) is 0 Å². The van der Waals surface area contributed by atoms with Gasteiger partial charge < -0.3 is 10.2 Å². The normalized spacial score (nSPS) is 45.2. The third-order valence-corrected chi connectivity index (χ3v) is 3.51. The second-order valence-electron chi connectivity index (χ2n) is 3.98. The Kier molecular flexibility index (Phi) is 2.20. The minimum absolute atomic E-state index is 0.233. The quantitative estimate of drug-likeness (QED) is 0.599. The molecule has 2 N–H and O–H groups in total. The molecular weight excluding hydrogens is 152 g/mol. The van der Waals surface area contributed by atoms with E-state index in [1.54, 1.807) is 0 Å². The van der Waals surface area contributed by atoms with Gasteiger partial charge >= 0.3 is 0 Å². The number of hydrogen-bond acceptors (Lipinski definition) is 2. The number of hydrogen-bond donors (Lipinski definition) is 2. The predicted octanol–water partition coefficient (Wildman–Crippen LogP) is 0.799. The third kappa shape index (κ3) is 1.10. The maximum absolute atomic E-state index is 9.17. The van der Waals surface area contributed by atoms with Crippen LogP contribution in [0.5, 0.6) is 0 Å². The van der Waals surface area contributed by atoms with Crippen LogP contribution in [0.15, 0.2) is 12.2 Å². The summed E-state index contributed by atoms with van der Waals surface area (Å²) in [6.07, 6.45) is 6.84. The first kappa shape index (κ1) is 8.27. The molecular formula is C10H16O2. The molecule has 0 aromatic heterocycles. The lowest BCUT2D eigenvalue weighted by Gasteiger charge is -2.43. The van der Waals surface area contributed by atoms with Gasteiger partial charge in [-0.3, -0.25) is 0 Å². The second-order valence-corrected chi connectivity index (χ2v) is 3.98. The maximum Gasteiger partial charge on any atom is 0.0468 e. The summed E-state index contributed by atoms with van der Waals surface area (Å²) in [5, 5.41) is 18.3. The van der Waals surface area contributed by atoms with Crippen molar-refractivity contribution in [3.63, 3.8) is 0 Å². The van der Waals surface area contributed by atoms with Crippen LogP contribution in [-0.4, -0.2) is 23.4 Å². The van der Waals surface area contributed by atoms with Gasteiger partial charge in [0.15, 0.2) is 0 Å².